The lowest BCUT2D eigenvalue weighted by Crippen LogP contribution is -2.13. The van der Waals surface area contributed by atoms with Crippen molar-refractivity contribution in [3.8, 4) is 11.8 Å². The van der Waals surface area contributed by atoms with Crippen LogP contribution < -0.4 is 4.74 Å². The van der Waals surface area contributed by atoms with E-state index < -0.39 is 17.8 Å². The summed E-state index contributed by atoms with van der Waals surface area (Å²) in [6.45, 7) is 3.22. The molecule has 1 aromatic rings. The lowest BCUT2D eigenvalue weighted by atomic mass is 10.2. The van der Waals surface area contributed by atoms with E-state index in [0.29, 0.717) is 6.07 Å². The first kappa shape index (κ1) is 12.3. The third kappa shape index (κ3) is 2.86. The molecule has 0 saturated carbocycles. The van der Waals surface area contributed by atoms with Gasteiger partial charge in [0.2, 0.25) is 0 Å². The molecule has 0 N–H and O–H groups in total. The van der Waals surface area contributed by atoms with Crippen LogP contribution in [0.1, 0.15) is 25.1 Å². The predicted molar refractivity (Wildman–Crippen MR) is 49.7 cm³/mol. The maximum atomic E-state index is 12.6. The summed E-state index contributed by atoms with van der Waals surface area (Å²) in [4.78, 5) is 3.54. The molecular weight excluding hydrogens is 221 g/mol. The first-order chi connectivity index (χ1) is 7.34. The van der Waals surface area contributed by atoms with Crippen LogP contribution in [0.15, 0.2) is 12.3 Å². The Morgan fingerprint density at radius 3 is 2.50 bits per heavy atom. The first-order valence-electron chi connectivity index (χ1n) is 4.48. The molecule has 6 heteroatoms. The van der Waals surface area contributed by atoms with Gasteiger partial charge >= 0.3 is 6.18 Å². The van der Waals surface area contributed by atoms with Crippen LogP contribution in [0.4, 0.5) is 13.2 Å². The average molecular weight is 230 g/mol. The van der Waals surface area contributed by atoms with Crippen LogP contribution >= 0.6 is 0 Å². The lowest BCUT2D eigenvalue weighted by molar-refractivity contribution is -0.139. The van der Waals surface area contributed by atoms with Gasteiger partial charge in [0.15, 0.2) is 0 Å². The highest BCUT2D eigenvalue weighted by atomic mass is 19.4. The summed E-state index contributed by atoms with van der Waals surface area (Å²) in [5.41, 5.74) is -1.27. The molecule has 1 rings (SSSR count). The summed E-state index contributed by atoms with van der Waals surface area (Å²) in [6, 6.07) is 2.23. The molecule has 0 saturated heterocycles. The van der Waals surface area contributed by atoms with Gasteiger partial charge in [-0.15, -0.1) is 0 Å². The quantitative estimate of drug-likeness (QED) is 0.784. The summed E-state index contributed by atoms with van der Waals surface area (Å²) >= 11 is 0. The maximum absolute atomic E-state index is 12.6. The minimum Gasteiger partial charge on any atom is -0.489 e. The molecule has 0 aromatic carbocycles. The van der Waals surface area contributed by atoms with E-state index in [9.17, 15) is 13.2 Å². The highest BCUT2D eigenvalue weighted by Gasteiger charge is 2.35. The van der Waals surface area contributed by atoms with Crippen molar-refractivity contribution in [2.24, 2.45) is 0 Å². The Labute approximate surface area is 90.5 Å². The average Bonchev–Trinajstić information content (AvgIpc) is 2.15. The van der Waals surface area contributed by atoms with E-state index in [1.54, 1.807) is 19.9 Å². The summed E-state index contributed by atoms with van der Waals surface area (Å²) in [5.74, 6) is -0.360. The zero-order valence-electron chi connectivity index (χ0n) is 8.67. The molecule has 0 aliphatic carbocycles. The number of nitriles is 1. The summed E-state index contributed by atoms with van der Waals surface area (Å²) < 4.78 is 42.8. The summed E-state index contributed by atoms with van der Waals surface area (Å²) in [5, 5.41) is 8.48. The number of aromatic nitrogens is 1. The highest BCUT2D eigenvalue weighted by molar-refractivity contribution is 5.38. The molecule has 0 aliphatic heterocycles. The third-order valence-electron chi connectivity index (χ3n) is 1.65. The van der Waals surface area contributed by atoms with Crippen LogP contribution in [0.3, 0.4) is 0 Å². The van der Waals surface area contributed by atoms with E-state index in [1.807, 2.05) is 0 Å². The molecule has 0 radical (unpaired) electrons. The van der Waals surface area contributed by atoms with Crippen LogP contribution in [0.25, 0.3) is 0 Å². The minimum atomic E-state index is -4.56. The van der Waals surface area contributed by atoms with Crippen molar-refractivity contribution in [1.29, 1.82) is 5.26 Å². The number of alkyl halides is 3. The topological polar surface area (TPSA) is 45.9 Å². The number of nitrogens with zero attached hydrogens (tertiary/aromatic N) is 2. The Morgan fingerprint density at radius 1 is 1.44 bits per heavy atom. The number of halogens is 3. The first-order valence-corrected chi connectivity index (χ1v) is 4.48. The van der Waals surface area contributed by atoms with Gasteiger partial charge in [-0.25, -0.2) is 4.98 Å². The van der Waals surface area contributed by atoms with Gasteiger partial charge in [-0.3, -0.25) is 0 Å². The van der Waals surface area contributed by atoms with Crippen LogP contribution in [-0.4, -0.2) is 11.1 Å². The van der Waals surface area contributed by atoms with Crippen molar-refractivity contribution in [2.45, 2.75) is 26.1 Å². The molecular formula is C10H9F3N2O. The second kappa shape index (κ2) is 4.39. The largest absolute Gasteiger partial charge is 0.489 e. The fourth-order valence-corrected chi connectivity index (χ4v) is 1.07. The number of rotatable bonds is 2. The Balaban J connectivity index is 3.23. The molecule has 86 valence electrons. The van der Waals surface area contributed by atoms with Gasteiger partial charge in [-0.1, -0.05) is 0 Å². The van der Waals surface area contributed by atoms with Crippen LogP contribution in [0.5, 0.6) is 5.75 Å². The van der Waals surface area contributed by atoms with Gasteiger partial charge in [0.1, 0.15) is 23.1 Å². The molecule has 0 fully saturated rings. The Kier molecular flexibility index (Phi) is 3.38. The van der Waals surface area contributed by atoms with Crippen LogP contribution in [0, 0.1) is 11.3 Å². The van der Waals surface area contributed by atoms with E-state index >= 15 is 0 Å². The summed E-state index contributed by atoms with van der Waals surface area (Å²) in [7, 11) is 0. The van der Waals surface area contributed by atoms with Crippen molar-refractivity contribution in [1.82, 2.24) is 4.98 Å². The number of ether oxygens (including phenoxy) is 1. The van der Waals surface area contributed by atoms with Crippen molar-refractivity contribution in [3.05, 3.63) is 23.5 Å². The highest BCUT2D eigenvalue weighted by Crippen LogP contribution is 2.36. The van der Waals surface area contributed by atoms with Gasteiger partial charge in [0, 0.05) is 0 Å². The zero-order chi connectivity index (χ0) is 12.3. The van der Waals surface area contributed by atoms with Crippen molar-refractivity contribution >= 4 is 0 Å². The number of hydrogen-bond acceptors (Lipinski definition) is 3. The second-order valence-electron chi connectivity index (χ2n) is 3.34. The lowest BCUT2D eigenvalue weighted by Gasteiger charge is -2.15. The fraction of sp³-hybridized carbons (Fsp3) is 0.400. The third-order valence-corrected chi connectivity index (χ3v) is 1.65. The second-order valence-corrected chi connectivity index (χ2v) is 3.34. The van der Waals surface area contributed by atoms with Gasteiger partial charge in [0.25, 0.3) is 0 Å². The smallest absolute Gasteiger partial charge is 0.420 e. The Bertz CT molecular complexity index is 421. The molecule has 3 nitrogen and oxygen atoms in total. The van der Waals surface area contributed by atoms with E-state index in [1.165, 1.54) is 0 Å². The number of hydrogen-bond donors (Lipinski definition) is 0. The molecule has 0 spiro atoms. The molecule has 1 aromatic heterocycles. The zero-order valence-corrected chi connectivity index (χ0v) is 8.67. The standard InChI is InChI=1S/C10H9F3N2O/c1-6(2)16-9-5-15-7(4-14)3-8(9)10(11,12)13/h3,5-6H,1-2H3. The molecule has 0 bridgehead atoms. The van der Waals surface area contributed by atoms with E-state index in [4.69, 9.17) is 10.00 Å². The molecule has 0 aliphatic rings. The molecule has 0 amide bonds. The minimum absolute atomic E-state index is 0.288. The fourth-order valence-electron chi connectivity index (χ4n) is 1.07. The van der Waals surface area contributed by atoms with Gasteiger partial charge < -0.3 is 4.74 Å². The monoisotopic (exact) mass is 230 g/mol. The maximum Gasteiger partial charge on any atom is 0.420 e. The Morgan fingerprint density at radius 2 is 2.06 bits per heavy atom. The van der Waals surface area contributed by atoms with Crippen molar-refractivity contribution in [3.63, 3.8) is 0 Å². The van der Waals surface area contributed by atoms with Crippen LogP contribution in [-0.2, 0) is 6.18 Å². The van der Waals surface area contributed by atoms with E-state index in [0.717, 1.165) is 6.20 Å². The van der Waals surface area contributed by atoms with Crippen LogP contribution in [0.2, 0.25) is 0 Å². The molecule has 16 heavy (non-hydrogen) atoms. The van der Waals surface area contributed by atoms with Gasteiger partial charge in [-0.05, 0) is 19.9 Å². The molecule has 1 heterocycles. The van der Waals surface area contributed by atoms with Crippen molar-refractivity contribution in [2.75, 3.05) is 0 Å². The van der Waals surface area contributed by atoms with Crippen molar-refractivity contribution < 1.29 is 17.9 Å². The van der Waals surface area contributed by atoms with Gasteiger partial charge in [0.05, 0.1) is 12.3 Å². The Hall–Kier alpha value is -1.77. The number of pyridine rings is 1. The SMILES string of the molecule is CC(C)Oc1cnc(C#N)cc1C(F)(F)F. The molecule has 0 atom stereocenters. The van der Waals surface area contributed by atoms with Gasteiger partial charge in [-0.2, -0.15) is 18.4 Å². The molecule has 0 unspecified atom stereocenters. The normalized spacial score (nSPS) is 11.3. The summed E-state index contributed by atoms with van der Waals surface area (Å²) in [6.07, 6.45) is -4.03. The predicted octanol–water partition coefficient (Wildman–Crippen LogP) is 2.76. The van der Waals surface area contributed by atoms with E-state index in [-0.39, 0.29) is 11.4 Å². The van der Waals surface area contributed by atoms with E-state index in [2.05, 4.69) is 4.98 Å².